The molecule has 2 aromatic carbocycles. The highest BCUT2D eigenvalue weighted by Gasteiger charge is 2.12. The summed E-state index contributed by atoms with van der Waals surface area (Å²) in [6.45, 7) is 4.78. The van der Waals surface area contributed by atoms with Crippen LogP contribution < -0.4 is 19.5 Å². The summed E-state index contributed by atoms with van der Waals surface area (Å²) in [4.78, 5) is 16.7. The molecule has 0 radical (unpaired) electrons. The molecule has 0 aliphatic rings. The number of benzene rings is 2. The quantitative estimate of drug-likeness (QED) is 0.644. The highest BCUT2D eigenvalue weighted by molar-refractivity contribution is 7.22. The van der Waals surface area contributed by atoms with Crippen LogP contribution in [0.15, 0.2) is 42.5 Å². The van der Waals surface area contributed by atoms with Gasteiger partial charge in [-0.1, -0.05) is 29.5 Å². The predicted octanol–water partition coefficient (Wildman–Crippen LogP) is 4.11. The Kier molecular flexibility index (Phi) is 5.91. The number of aromatic nitrogens is 1. The average molecular weight is 372 g/mol. The number of hydrogen-bond acceptors (Lipinski definition) is 6. The lowest BCUT2D eigenvalue weighted by Gasteiger charge is -2.10. The van der Waals surface area contributed by atoms with Gasteiger partial charge in [-0.15, -0.1) is 0 Å². The molecule has 0 aliphatic heterocycles. The molecule has 1 aromatic heterocycles. The third-order valence-electron chi connectivity index (χ3n) is 3.44. The van der Waals surface area contributed by atoms with Crippen molar-refractivity contribution in [2.75, 3.05) is 25.1 Å². The van der Waals surface area contributed by atoms with Crippen molar-refractivity contribution in [3.8, 4) is 17.2 Å². The van der Waals surface area contributed by atoms with Crippen LogP contribution >= 0.6 is 11.3 Å². The topological polar surface area (TPSA) is 69.7 Å². The van der Waals surface area contributed by atoms with E-state index in [1.807, 2.05) is 44.2 Å². The molecule has 0 aliphatic carbocycles. The lowest BCUT2D eigenvalue weighted by atomic mass is 10.3. The van der Waals surface area contributed by atoms with Gasteiger partial charge in [-0.2, -0.15) is 0 Å². The summed E-state index contributed by atoms with van der Waals surface area (Å²) in [5, 5.41) is 3.28. The maximum absolute atomic E-state index is 12.2. The Morgan fingerprint density at radius 3 is 2.35 bits per heavy atom. The molecule has 0 saturated heterocycles. The molecule has 7 heteroatoms. The highest BCUT2D eigenvalue weighted by atomic mass is 32.1. The number of anilines is 1. The Hall–Kier alpha value is -2.80. The van der Waals surface area contributed by atoms with Gasteiger partial charge in [0.25, 0.3) is 5.91 Å². The van der Waals surface area contributed by atoms with E-state index in [1.165, 1.54) is 11.3 Å². The van der Waals surface area contributed by atoms with E-state index < -0.39 is 0 Å². The van der Waals surface area contributed by atoms with Gasteiger partial charge in [0, 0.05) is 0 Å². The molecule has 0 bridgehead atoms. The number of hydrogen-bond donors (Lipinski definition) is 1. The Morgan fingerprint density at radius 1 is 0.962 bits per heavy atom. The van der Waals surface area contributed by atoms with E-state index in [-0.39, 0.29) is 12.5 Å². The Labute approximate surface area is 155 Å². The van der Waals surface area contributed by atoms with Crippen molar-refractivity contribution in [2.24, 2.45) is 0 Å². The molecule has 3 aromatic rings. The largest absolute Gasteiger partial charge is 0.492 e. The Balaban J connectivity index is 1.65. The number of amides is 1. The fraction of sp³-hybridized carbons (Fsp3) is 0.263. The smallest absolute Gasteiger partial charge is 0.264 e. The monoisotopic (exact) mass is 372 g/mol. The van der Waals surface area contributed by atoms with Crippen molar-refractivity contribution >= 4 is 32.6 Å². The summed E-state index contributed by atoms with van der Waals surface area (Å²) in [5.74, 6) is 1.58. The fourth-order valence-electron chi connectivity index (χ4n) is 2.39. The molecule has 0 fully saturated rings. The molecule has 0 saturated carbocycles. The SMILES string of the molecule is CCOc1ccccc1OCC(=O)Nc1nc2c(OCC)cccc2s1. The zero-order valence-electron chi connectivity index (χ0n) is 14.7. The van der Waals surface area contributed by atoms with Gasteiger partial charge in [0.15, 0.2) is 23.2 Å². The molecule has 3 rings (SSSR count). The zero-order chi connectivity index (χ0) is 18.4. The molecule has 26 heavy (non-hydrogen) atoms. The van der Waals surface area contributed by atoms with Gasteiger partial charge >= 0.3 is 0 Å². The van der Waals surface area contributed by atoms with Crippen molar-refractivity contribution in [3.05, 3.63) is 42.5 Å². The third-order valence-corrected chi connectivity index (χ3v) is 4.37. The van der Waals surface area contributed by atoms with Crippen LogP contribution in [0.5, 0.6) is 17.2 Å². The Bertz CT molecular complexity index is 894. The first kappa shape index (κ1) is 18.0. The lowest BCUT2D eigenvalue weighted by molar-refractivity contribution is -0.118. The number of nitrogens with one attached hydrogen (secondary N) is 1. The first-order chi connectivity index (χ1) is 12.7. The first-order valence-electron chi connectivity index (χ1n) is 8.38. The van der Waals surface area contributed by atoms with Gasteiger partial charge in [0.05, 0.1) is 17.9 Å². The standard InChI is InChI=1S/C19H20N2O4S/c1-3-23-13-8-5-6-9-14(13)25-12-17(22)20-19-21-18-15(24-4-2)10-7-11-16(18)26-19/h5-11H,3-4,12H2,1-2H3,(H,20,21,22). The van der Waals surface area contributed by atoms with Crippen LogP contribution in [0.2, 0.25) is 0 Å². The zero-order valence-corrected chi connectivity index (χ0v) is 15.5. The van der Waals surface area contributed by atoms with Gasteiger partial charge in [-0.3, -0.25) is 10.1 Å². The second-order valence-corrected chi connectivity index (χ2v) is 6.30. The van der Waals surface area contributed by atoms with Crippen molar-refractivity contribution in [1.29, 1.82) is 0 Å². The minimum atomic E-state index is -0.284. The maximum Gasteiger partial charge on any atom is 0.264 e. The number of fused-ring (bicyclic) bond motifs is 1. The minimum absolute atomic E-state index is 0.127. The predicted molar refractivity (Wildman–Crippen MR) is 103 cm³/mol. The van der Waals surface area contributed by atoms with Crippen LogP contribution in [0.25, 0.3) is 10.2 Å². The van der Waals surface area contributed by atoms with Crippen LogP contribution in [0.4, 0.5) is 5.13 Å². The van der Waals surface area contributed by atoms with Crippen LogP contribution in [-0.4, -0.2) is 30.7 Å². The van der Waals surface area contributed by atoms with Crippen LogP contribution in [0, 0.1) is 0 Å². The van der Waals surface area contributed by atoms with E-state index in [2.05, 4.69) is 10.3 Å². The van der Waals surface area contributed by atoms with Crippen molar-refractivity contribution < 1.29 is 19.0 Å². The van der Waals surface area contributed by atoms with Crippen molar-refractivity contribution in [3.63, 3.8) is 0 Å². The number of para-hydroxylation sites is 3. The third kappa shape index (κ3) is 4.23. The van der Waals surface area contributed by atoms with Crippen LogP contribution in [-0.2, 0) is 4.79 Å². The highest BCUT2D eigenvalue weighted by Crippen LogP contribution is 2.32. The molecule has 1 heterocycles. The molecular weight excluding hydrogens is 352 g/mol. The van der Waals surface area contributed by atoms with E-state index in [9.17, 15) is 4.79 Å². The minimum Gasteiger partial charge on any atom is -0.492 e. The first-order valence-corrected chi connectivity index (χ1v) is 9.19. The number of carbonyl (C=O) groups is 1. The van der Waals surface area contributed by atoms with E-state index in [0.29, 0.717) is 35.6 Å². The molecule has 6 nitrogen and oxygen atoms in total. The number of thiazole rings is 1. The maximum atomic E-state index is 12.2. The van der Waals surface area contributed by atoms with E-state index in [0.717, 1.165) is 10.2 Å². The van der Waals surface area contributed by atoms with Crippen LogP contribution in [0.3, 0.4) is 0 Å². The van der Waals surface area contributed by atoms with E-state index in [1.54, 1.807) is 12.1 Å². The number of nitrogens with zero attached hydrogens (tertiary/aromatic N) is 1. The summed E-state index contributed by atoms with van der Waals surface area (Å²) in [6, 6.07) is 13.0. The molecule has 0 unspecified atom stereocenters. The van der Waals surface area contributed by atoms with E-state index in [4.69, 9.17) is 14.2 Å². The van der Waals surface area contributed by atoms with Gasteiger partial charge in [-0.25, -0.2) is 4.98 Å². The van der Waals surface area contributed by atoms with Crippen LogP contribution in [0.1, 0.15) is 13.8 Å². The van der Waals surface area contributed by atoms with Crippen molar-refractivity contribution in [1.82, 2.24) is 4.98 Å². The van der Waals surface area contributed by atoms with Gasteiger partial charge < -0.3 is 14.2 Å². The number of ether oxygens (including phenoxy) is 3. The fourth-order valence-corrected chi connectivity index (χ4v) is 3.29. The summed E-state index contributed by atoms with van der Waals surface area (Å²) in [5.41, 5.74) is 0.747. The normalized spacial score (nSPS) is 10.5. The average Bonchev–Trinajstić information content (AvgIpc) is 3.05. The van der Waals surface area contributed by atoms with E-state index >= 15 is 0 Å². The molecule has 0 atom stereocenters. The molecule has 136 valence electrons. The lowest BCUT2D eigenvalue weighted by Crippen LogP contribution is -2.20. The van der Waals surface area contributed by atoms with Gasteiger partial charge in [0.1, 0.15) is 11.3 Å². The van der Waals surface area contributed by atoms with Gasteiger partial charge in [-0.05, 0) is 38.1 Å². The second-order valence-electron chi connectivity index (χ2n) is 5.27. The molecule has 0 spiro atoms. The van der Waals surface area contributed by atoms with Gasteiger partial charge in [0.2, 0.25) is 0 Å². The summed E-state index contributed by atoms with van der Waals surface area (Å²) in [7, 11) is 0. The second kappa shape index (κ2) is 8.53. The Morgan fingerprint density at radius 2 is 1.62 bits per heavy atom. The summed E-state index contributed by atoms with van der Waals surface area (Å²) >= 11 is 1.40. The van der Waals surface area contributed by atoms with Crippen molar-refractivity contribution in [2.45, 2.75) is 13.8 Å². The number of carbonyl (C=O) groups excluding carboxylic acids is 1. The molecule has 1 N–H and O–H groups in total. The molecule has 1 amide bonds. The summed E-state index contributed by atoms with van der Waals surface area (Å²) in [6.07, 6.45) is 0. The summed E-state index contributed by atoms with van der Waals surface area (Å²) < 4.78 is 17.6. The number of rotatable bonds is 8. The molecular formula is C19H20N2O4S.